The van der Waals surface area contributed by atoms with Crippen molar-refractivity contribution in [1.82, 2.24) is 9.88 Å². The Hall–Kier alpha value is -2.56. The van der Waals surface area contributed by atoms with E-state index in [1.807, 2.05) is 42.2 Å². The van der Waals surface area contributed by atoms with Crippen molar-refractivity contribution in [2.75, 3.05) is 36.8 Å². The van der Waals surface area contributed by atoms with Gasteiger partial charge in [-0.05, 0) is 30.7 Å². The van der Waals surface area contributed by atoms with Gasteiger partial charge in [0.2, 0.25) is 0 Å². The Morgan fingerprint density at radius 3 is 2.45 bits per heavy atom. The molecule has 5 heteroatoms. The van der Waals surface area contributed by atoms with Crippen LogP contribution in [-0.4, -0.2) is 42.0 Å². The molecule has 2 heterocycles. The number of carbonyl (C=O) groups is 1. The molecule has 1 aliphatic rings. The van der Waals surface area contributed by atoms with Crippen LogP contribution in [0.5, 0.6) is 0 Å². The maximum absolute atomic E-state index is 12.4. The predicted molar refractivity (Wildman–Crippen MR) is 87.9 cm³/mol. The number of pyridine rings is 1. The van der Waals surface area contributed by atoms with E-state index >= 15 is 0 Å². The van der Waals surface area contributed by atoms with Crippen LogP contribution in [0.15, 0.2) is 42.6 Å². The molecule has 3 rings (SSSR count). The molecular formula is C17H20N4O. The van der Waals surface area contributed by atoms with Crippen molar-refractivity contribution >= 4 is 17.4 Å². The minimum absolute atomic E-state index is 0.104. The lowest BCUT2D eigenvalue weighted by Crippen LogP contribution is -2.48. The number of carbonyl (C=O) groups excluding carboxylic acids is 1. The number of benzene rings is 1. The smallest absolute Gasteiger partial charge is 0.253 e. The standard InChI is InChI=1S/C17H20N4O/c1-13-11-15(12-19-16(13)18)20-7-9-21(10-8-20)17(22)14-5-3-2-4-6-14/h2-6,11-12H,7-10H2,1H3,(H2,18,19). The van der Waals surface area contributed by atoms with Crippen LogP contribution in [0, 0.1) is 6.92 Å². The third kappa shape index (κ3) is 2.88. The molecule has 114 valence electrons. The normalized spacial score (nSPS) is 15.0. The van der Waals surface area contributed by atoms with Crippen molar-refractivity contribution in [3.8, 4) is 0 Å². The number of aryl methyl sites for hydroxylation is 1. The van der Waals surface area contributed by atoms with Crippen molar-refractivity contribution in [2.24, 2.45) is 0 Å². The van der Waals surface area contributed by atoms with Gasteiger partial charge in [0.1, 0.15) is 5.82 Å². The fourth-order valence-corrected chi connectivity index (χ4v) is 2.67. The monoisotopic (exact) mass is 296 g/mol. The van der Waals surface area contributed by atoms with Gasteiger partial charge in [-0.25, -0.2) is 4.98 Å². The fourth-order valence-electron chi connectivity index (χ4n) is 2.67. The summed E-state index contributed by atoms with van der Waals surface area (Å²) < 4.78 is 0. The molecule has 1 aromatic heterocycles. The van der Waals surface area contributed by atoms with E-state index in [-0.39, 0.29) is 5.91 Å². The van der Waals surface area contributed by atoms with E-state index < -0.39 is 0 Å². The molecule has 0 spiro atoms. The molecule has 22 heavy (non-hydrogen) atoms. The topological polar surface area (TPSA) is 62.5 Å². The molecule has 0 radical (unpaired) electrons. The minimum atomic E-state index is 0.104. The van der Waals surface area contributed by atoms with Gasteiger partial charge in [0, 0.05) is 31.7 Å². The number of amides is 1. The first kappa shape index (κ1) is 14.4. The van der Waals surface area contributed by atoms with E-state index in [1.165, 1.54) is 0 Å². The van der Waals surface area contributed by atoms with Crippen LogP contribution in [0.25, 0.3) is 0 Å². The van der Waals surface area contributed by atoms with Gasteiger partial charge in [-0.2, -0.15) is 0 Å². The van der Waals surface area contributed by atoms with Crippen LogP contribution >= 0.6 is 0 Å². The van der Waals surface area contributed by atoms with E-state index in [0.717, 1.165) is 43.0 Å². The summed E-state index contributed by atoms with van der Waals surface area (Å²) in [5.74, 6) is 0.675. The van der Waals surface area contributed by atoms with Gasteiger partial charge in [-0.3, -0.25) is 4.79 Å². The molecule has 0 atom stereocenters. The third-order valence-corrected chi connectivity index (χ3v) is 4.06. The highest BCUT2D eigenvalue weighted by atomic mass is 16.2. The summed E-state index contributed by atoms with van der Waals surface area (Å²) in [6, 6.07) is 11.5. The predicted octanol–water partition coefficient (Wildman–Crippen LogP) is 1.93. The number of anilines is 2. The van der Waals surface area contributed by atoms with Gasteiger partial charge in [-0.1, -0.05) is 18.2 Å². The molecule has 1 aromatic carbocycles. The van der Waals surface area contributed by atoms with E-state index in [4.69, 9.17) is 5.73 Å². The molecule has 1 saturated heterocycles. The van der Waals surface area contributed by atoms with E-state index in [1.54, 1.807) is 6.20 Å². The number of nitrogens with two attached hydrogens (primary N) is 1. The average molecular weight is 296 g/mol. The summed E-state index contributed by atoms with van der Waals surface area (Å²) >= 11 is 0. The van der Waals surface area contributed by atoms with Crippen LogP contribution < -0.4 is 10.6 Å². The van der Waals surface area contributed by atoms with Gasteiger partial charge >= 0.3 is 0 Å². The van der Waals surface area contributed by atoms with Crippen molar-refractivity contribution in [3.63, 3.8) is 0 Å². The molecule has 2 N–H and O–H groups in total. The maximum Gasteiger partial charge on any atom is 0.253 e. The van der Waals surface area contributed by atoms with Gasteiger partial charge in [-0.15, -0.1) is 0 Å². The van der Waals surface area contributed by atoms with Crippen LogP contribution in [0.2, 0.25) is 0 Å². The van der Waals surface area contributed by atoms with Crippen LogP contribution in [0.1, 0.15) is 15.9 Å². The second-order valence-corrected chi connectivity index (χ2v) is 5.54. The summed E-state index contributed by atoms with van der Waals surface area (Å²) in [6.45, 7) is 5.02. The van der Waals surface area contributed by atoms with E-state index in [9.17, 15) is 4.79 Å². The highest BCUT2D eigenvalue weighted by Crippen LogP contribution is 2.20. The largest absolute Gasteiger partial charge is 0.383 e. The lowest BCUT2D eigenvalue weighted by Gasteiger charge is -2.36. The molecule has 5 nitrogen and oxygen atoms in total. The second-order valence-electron chi connectivity index (χ2n) is 5.54. The first-order valence-corrected chi connectivity index (χ1v) is 7.46. The average Bonchev–Trinajstić information content (AvgIpc) is 2.58. The van der Waals surface area contributed by atoms with Gasteiger partial charge in [0.25, 0.3) is 5.91 Å². The zero-order valence-electron chi connectivity index (χ0n) is 12.7. The molecule has 0 aliphatic carbocycles. The Labute approximate surface area is 130 Å². The van der Waals surface area contributed by atoms with Crippen LogP contribution in [0.4, 0.5) is 11.5 Å². The number of nitrogens with zero attached hydrogens (tertiary/aromatic N) is 3. The minimum Gasteiger partial charge on any atom is -0.383 e. The highest BCUT2D eigenvalue weighted by Gasteiger charge is 2.22. The molecule has 1 aliphatic heterocycles. The van der Waals surface area contributed by atoms with Crippen molar-refractivity contribution < 1.29 is 4.79 Å². The van der Waals surface area contributed by atoms with Crippen LogP contribution in [-0.2, 0) is 0 Å². The number of hydrogen-bond acceptors (Lipinski definition) is 4. The lowest BCUT2D eigenvalue weighted by atomic mass is 10.1. The molecule has 1 amide bonds. The fraction of sp³-hybridized carbons (Fsp3) is 0.294. The zero-order valence-corrected chi connectivity index (χ0v) is 12.7. The zero-order chi connectivity index (χ0) is 15.5. The maximum atomic E-state index is 12.4. The van der Waals surface area contributed by atoms with Crippen LogP contribution in [0.3, 0.4) is 0 Å². The van der Waals surface area contributed by atoms with Crippen molar-refractivity contribution in [1.29, 1.82) is 0 Å². The molecule has 0 unspecified atom stereocenters. The molecule has 0 bridgehead atoms. The van der Waals surface area contributed by atoms with Gasteiger partial charge < -0.3 is 15.5 Å². The Balaban J connectivity index is 1.65. The number of hydrogen-bond donors (Lipinski definition) is 1. The third-order valence-electron chi connectivity index (χ3n) is 4.06. The Kier molecular flexibility index (Phi) is 3.96. The summed E-state index contributed by atoms with van der Waals surface area (Å²) in [6.07, 6.45) is 1.80. The summed E-state index contributed by atoms with van der Waals surface area (Å²) in [4.78, 5) is 20.8. The van der Waals surface area contributed by atoms with Crippen molar-refractivity contribution in [3.05, 3.63) is 53.7 Å². The molecule has 2 aromatic rings. The molecule has 1 fully saturated rings. The summed E-state index contributed by atoms with van der Waals surface area (Å²) in [5, 5.41) is 0. The SMILES string of the molecule is Cc1cc(N2CCN(C(=O)c3ccccc3)CC2)cnc1N. The van der Waals surface area contributed by atoms with Crippen molar-refractivity contribution in [2.45, 2.75) is 6.92 Å². The molecule has 0 saturated carbocycles. The lowest BCUT2D eigenvalue weighted by molar-refractivity contribution is 0.0747. The number of rotatable bonds is 2. The Morgan fingerprint density at radius 1 is 1.14 bits per heavy atom. The quantitative estimate of drug-likeness (QED) is 0.920. The van der Waals surface area contributed by atoms with Gasteiger partial charge in [0.05, 0.1) is 11.9 Å². The number of piperazine rings is 1. The summed E-state index contributed by atoms with van der Waals surface area (Å²) in [5.41, 5.74) is 8.57. The first-order valence-electron chi connectivity index (χ1n) is 7.46. The van der Waals surface area contributed by atoms with E-state index in [2.05, 4.69) is 16.0 Å². The highest BCUT2D eigenvalue weighted by molar-refractivity contribution is 5.94. The molecular weight excluding hydrogens is 276 g/mol. The van der Waals surface area contributed by atoms with E-state index in [0.29, 0.717) is 5.82 Å². The number of aromatic nitrogens is 1. The second kappa shape index (κ2) is 6.05. The Bertz CT molecular complexity index is 664. The first-order chi connectivity index (χ1) is 10.6. The Morgan fingerprint density at radius 2 is 1.82 bits per heavy atom. The summed E-state index contributed by atoms with van der Waals surface area (Å²) in [7, 11) is 0. The number of nitrogen functional groups attached to an aromatic ring is 1. The van der Waals surface area contributed by atoms with Gasteiger partial charge in [0.15, 0.2) is 0 Å².